The largest absolute Gasteiger partial charge is 0.467 e. The molecular weight excluding hydrogens is 380 g/mol. The van der Waals surface area contributed by atoms with Crippen LogP contribution >= 0.6 is 15.9 Å². The maximum Gasteiger partial charge on any atom is 0.339 e. The topological polar surface area (TPSA) is 114 Å². The van der Waals surface area contributed by atoms with Crippen LogP contribution in [-0.4, -0.2) is 60.4 Å². The first-order valence-corrected chi connectivity index (χ1v) is 7.48. The van der Waals surface area contributed by atoms with Crippen LogP contribution < -0.4 is 0 Å². The molecule has 1 rings (SSSR count). The van der Waals surface area contributed by atoms with E-state index in [1.165, 1.54) is 0 Å². The van der Waals surface area contributed by atoms with E-state index in [0.29, 0.717) is 0 Å². The molecule has 0 aromatic carbocycles. The van der Waals surface area contributed by atoms with Crippen molar-refractivity contribution in [1.82, 2.24) is 0 Å². The average molecular weight is 397 g/mol. The smallest absolute Gasteiger partial charge is 0.339 e. The van der Waals surface area contributed by atoms with Gasteiger partial charge in [-0.15, -0.1) is 0 Å². The predicted octanol–water partition coefficient (Wildman–Crippen LogP) is 0.0743. The second-order valence-corrected chi connectivity index (χ2v) is 5.56. The van der Waals surface area contributed by atoms with Gasteiger partial charge in [-0.3, -0.25) is 14.4 Å². The van der Waals surface area contributed by atoms with Crippen LogP contribution in [0.2, 0.25) is 0 Å². The fourth-order valence-electron chi connectivity index (χ4n) is 2.07. The van der Waals surface area contributed by atoms with Crippen LogP contribution in [0.25, 0.3) is 0 Å². The van der Waals surface area contributed by atoms with E-state index in [-0.39, 0.29) is 0 Å². The highest BCUT2D eigenvalue weighted by atomic mass is 79.9. The van der Waals surface area contributed by atoms with Gasteiger partial charge in [-0.2, -0.15) is 0 Å². The van der Waals surface area contributed by atoms with Gasteiger partial charge in [-0.1, -0.05) is 15.9 Å². The van der Waals surface area contributed by atoms with Gasteiger partial charge in [0.1, 0.15) is 0 Å². The highest BCUT2D eigenvalue weighted by Crippen LogP contribution is 2.31. The van der Waals surface area contributed by atoms with Crippen LogP contribution in [0.1, 0.15) is 20.8 Å². The molecule has 0 radical (unpaired) electrons. The lowest BCUT2D eigenvalue weighted by atomic mass is 9.99. The van der Waals surface area contributed by atoms with Crippen molar-refractivity contribution in [2.75, 3.05) is 7.11 Å². The third-order valence-electron chi connectivity index (χ3n) is 2.82. The number of ether oxygens (including phenoxy) is 5. The van der Waals surface area contributed by atoms with Gasteiger partial charge in [0.25, 0.3) is 0 Å². The molecule has 130 valence electrons. The number of alkyl halides is 1. The Hall–Kier alpha value is -1.68. The summed E-state index contributed by atoms with van der Waals surface area (Å²) in [6.45, 7) is 3.39. The van der Waals surface area contributed by atoms with E-state index >= 15 is 0 Å². The number of hydrogen-bond donors (Lipinski definition) is 0. The van der Waals surface area contributed by atoms with E-state index in [9.17, 15) is 19.2 Å². The zero-order valence-corrected chi connectivity index (χ0v) is 14.5. The van der Waals surface area contributed by atoms with Crippen molar-refractivity contribution in [3.63, 3.8) is 0 Å². The summed E-state index contributed by atoms with van der Waals surface area (Å²) >= 11 is 3.11. The number of esters is 4. The Labute approximate surface area is 140 Å². The molecule has 1 aliphatic rings. The van der Waals surface area contributed by atoms with Gasteiger partial charge >= 0.3 is 23.9 Å². The number of hydrogen-bond acceptors (Lipinski definition) is 9. The molecule has 1 heterocycles. The third kappa shape index (κ3) is 5.17. The van der Waals surface area contributed by atoms with Crippen molar-refractivity contribution in [2.24, 2.45) is 0 Å². The van der Waals surface area contributed by atoms with E-state index in [2.05, 4.69) is 20.7 Å². The van der Waals surface area contributed by atoms with Crippen LogP contribution in [0.5, 0.6) is 0 Å². The zero-order valence-electron chi connectivity index (χ0n) is 12.9. The van der Waals surface area contributed by atoms with Crippen molar-refractivity contribution in [1.29, 1.82) is 0 Å². The number of halogens is 1. The summed E-state index contributed by atoms with van der Waals surface area (Å²) in [7, 11) is 1.12. The van der Waals surface area contributed by atoms with E-state index in [4.69, 9.17) is 18.9 Å². The quantitative estimate of drug-likeness (QED) is 0.369. The zero-order chi connectivity index (χ0) is 17.7. The molecule has 1 aliphatic heterocycles. The van der Waals surface area contributed by atoms with Crippen LogP contribution in [0.15, 0.2) is 0 Å². The van der Waals surface area contributed by atoms with Gasteiger partial charge < -0.3 is 23.7 Å². The van der Waals surface area contributed by atoms with Crippen LogP contribution in [0.3, 0.4) is 0 Å². The molecule has 1 fully saturated rings. The number of methoxy groups -OCH3 is 1. The molecule has 0 bridgehead atoms. The van der Waals surface area contributed by atoms with Gasteiger partial charge in [-0.25, -0.2) is 4.79 Å². The van der Waals surface area contributed by atoms with Crippen molar-refractivity contribution in [3.05, 3.63) is 0 Å². The molecule has 9 nitrogen and oxygen atoms in total. The molecule has 23 heavy (non-hydrogen) atoms. The van der Waals surface area contributed by atoms with Crippen molar-refractivity contribution < 1.29 is 42.9 Å². The van der Waals surface area contributed by atoms with Gasteiger partial charge in [0, 0.05) is 20.8 Å². The van der Waals surface area contributed by atoms with Crippen LogP contribution in [-0.2, 0) is 42.9 Å². The first-order valence-electron chi connectivity index (χ1n) is 6.56. The SMILES string of the molecule is COC(=O)C1O[C@H](Br)C(OC(C)=O)C(OC(C)=O)C1OC(C)=O. The summed E-state index contributed by atoms with van der Waals surface area (Å²) in [4.78, 5) is 45.8. The Morgan fingerprint density at radius 1 is 0.826 bits per heavy atom. The normalized spacial score (nSPS) is 30.0. The number of carbonyl (C=O) groups is 4. The summed E-state index contributed by atoms with van der Waals surface area (Å²) in [5.41, 5.74) is 0. The Morgan fingerprint density at radius 2 is 1.26 bits per heavy atom. The lowest BCUT2D eigenvalue weighted by Gasteiger charge is -2.41. The van der Waals surface area contributed by atoms with E-state index in [1.807, 2.05) is 0 Å². The summed E-state index contributed by atoms with van der Waals surface area (Å²) in [6, 6.07) is 0. The minimum atomic E-state index is -1.36. The second-order valence-electron chi connectivity index (χ2n) is 4.65. The molecular formula is C13H17BrO9. The van der Waals surface area contributed by atoms with Crippen LogP contribution in [0, 0.1) is 0 Å². The summed E-state index contributed by atoms with van der Waals surface area (Å²) in [6.07, 6.45) is -5.06. The lowest BCUT2D eigenvalue weighted by Crippen LogP contribution is -2.61. The summed E-state index contributed by atoms with van der Waals surface area (Å²) < 4.78 is 25.2. The minimum Gasteiger partial charge on any atom is -0.467 e. The fourth-order valence-corrected chi connectivity index (χ4v) is 2.71. The molecule has 1 saturated heterocycles. The summed E-state index contributed by atoms with van der Waals surface area (Å²) in [5, 5.41) is -0.980. The van der Waals surface area contributed by atoms with Gasteiger partial charge in [0.2, 0.25) is 0 Å². The standard InChI is InChI=1S/C13H17BrO9/c1-5(15)20-8-9(21-6(2)16)11(13(18)19-4)23-12(14)10(8)22-7(3)17/h8-12H,1-4H3/t8?,9?,10?,11?,12-/m0/s1. The first-order chi connectivity index (χ1) is 10.7. The van der Waals surface area contributed by atoms with Gasteiger partial charge in [-0.05, 0) is 0 Å². The molecule has 0 aromatic rings. The van der Waals surface area contributed by atoms with Crippen molar-refractivity contribution >= 4 is 39.8 Å². The third-order valence-corrected chi connectivity index (χ3v) is 3.56. The molecule has 0 spiro atoms. The maximum absolute atomic E-state index is 11.9. The van der Waals surface area contributed by atoms with Crippen molar-refractivity contribution in [2.45, 2.75) is 50.2 Å². The molecule has 0 aliphatic carbocycles. The Morgan fingerprint density at radius 3 is 1.70 bits per heavy atom. The second kappa shape index (κ2) is 8.25. The monoisotopic (exact) mass is 396 g/mol. The molecule has 5 atom stereocenters. The van der Waals surface area contributed by atoms with E-state index < -0.39 is 53.3 Å². The van der Waals surface area contributed by atoms with Gasteiger partial charge in [0.05, 0.1) is 7.11 Å². The van der Waals surface area contributed by atoms with E-state index in [0.717, 1.165) is 27.9 Å². The fraction of sp³-hybridized carbons (Fsp3) is 0.692. The molecule has 0 N–H and O–H groups in total. The molecule has 10 heteroatoms. The lowest BCUT2D eigenvalue weighted by molar-refractivity contribution is -0.234. The summed E-state index contributed by atoms with van der Waals surface area (Å²) in [5.74, 6) is -2.95. The Bertz CT molecular complexity index is 492. The van der Waals surface area contributed by atoms with Crippen LogP contribution in [0.4, 0.5) is 0 Å². The maximum atomic E-state index is 11.9. The number of rotatable bonds is 4. The highest BCUT2D eigenvalue weighted by molar-refractivity contribution is 9.09. The molecule has 0 aromatic heterocycles. The van der Waals surface area contributed by atoms with Gasteiger partial charge in [0.15, 0.2) is 29.4 Å². The van der Waals surface area contributed by atoms with Crippen molar-refractivity contribution in [3.8, 4) is 0 Å². The molecule has 4 unspecified atom stereocenters. The van der Waals surface area contributed by atoms with E-state index in [1.54, 1.807) is 0 Å². The predicted molar refractivity (Wildman–Crippen MR) is 76.3 cm³/mol. The Balaban J connectivity index is 3.21. The minimum absolute atomic E-state index is 0.668. The number of carbonyl (C=O) groups excluding carboxylic acids is 4. The molecule has 0 saturated carbocycles. The first kappa shape index (κ1) is 19.4. The Kier molecular flexibility index (Phi) is 6.95. The molecule has 0 amide bonds. The highest BCUT2D eigenvalue weighted by Gasteiger charge is 2.53. The average Bonchev–Trinajstić information content (AvgIpc) is 2.43.